The summed E-state index contributed by atoms with van der Waals surface area (Å²) in [7, 11) is 0. The predicted octanol–water partition coefficient (Wildman–Crippen LogP) is 4.66. The van der Waals surface area contributed by atoms with Crippen molar-refractivity contribution in [1.29, 1.82) is 0 Å². The van der Waals surface area contributed by atoms with Gasteiger partial charge >= 0.3 is 0 Å². The van der Waals surface area contributed by atoms with E-state index >= 15 is 0 Å². The third-order valence-corrected chi connectivity index (χ3v) is 7.36. The van der Waals surface area contributed by atoms with Gasteiger partial charge in [0.05, 0.1) is 10.6 Å². The van der Waals surface area contributed by atoms with Gasteiger partial charge in [0.2, 0.25) is 5.91 Å². The molecule has 1 amide bonds. The van der Waals surface area contributed by atoms with Crippen LogP contribution in [0.25, 0.3) is 10.2 Å². The summed E-state index contributed by atoms with van der Waals surface area (Å²) in [4.78, 5) is 32.3. The molecule has 0 spiro atoms. The first kappa shape index (κ1) is 22.3. The average molecular weight is 442 g/mol. The van der Waals surface area contributed by atoms with Gasteiger partial charge in [-0.25, -0.2) is 4.98 Å². The highest BCUT2D eigenvalue weighted by Crippen LogP contribution is 2.29. The summed E-state index contributed by atoms with van der Waals surface area (Å²) in [5, 5.41) is 3.86. The Labute approximate surface area is 185 Å². The van der Waals surface area contributed by atoms with E-state index in [-0.39, 0.29) is 22.6 Å². The van der Waals surface area contributed by atoms with Crippen molar-refractivity contribution in [3.05, 3.63) is 69.3 Å². The summed E-state index contributed by atoms with van der Waals surface area (Å²) in [6, 6.07) is 10.1. The molecule has 30 heavy (non-hydrogen) atoms. The molecule has 2 unspecified atom stereocenters. The van der Waals surface area contributed by atoms with Crippen LogP contribution in [0, 0.1) is 13.8 Å². The number of hydrogen-bond donors (Lipinski definition) is 1. The highest BCUT2D eigenvalue weighted by molar-refractivity contribution is 8.00. The van der Waals surface area contributed by atoms with Crippen molar-refractivity contribution in [3.8, 4) is 0 Å². The fourth-order valence-corrected chi connectivity index (χ4v) is 5.21. The number of thioether (sulfide) groups is 1. The Balaban J connectivity index is 1.77. The first-order valence-electron chi connectivity index (χ1n) is 9.94. The Hall–Kier alpha value is -2.38. The van der Waals surface area contributed by atoms with Crippen molar-refractivity contribution in [1.82, 2.24) is 14.9 Å². The highest BCUT2D eigenvalue weighted by atomic mass is 32.2. The van der Waals surface area contributed by atoms with Gasteiger partial charge in [-0.15, -0.1) is 17.9 Å². The molecule has 3 aromatic rings. The molecule has 7 heteroatoms. The number of carbonyl (C=O) groups is 1. The van der Waals surface area contributed by atoms with Crippen LogP contribution in [-0.4, -0.2) is 27.3 Å². The average Bonchev–Trinajstić information content (AvgIpc) is 3.02. The quantitative estimate of drug-likeness (QED) is 0.314. The van der Waals surface area contributed by atoms with Gasteiger partial charge in [-0.2, -0.15) is 0 Å². The summed E-state index contributed by atoms with van der Waals surface area (Å²) in [5.41, 5.74) is 2.09. The van der Waals surface area contributed by atoms with E-state index in [1.165, 1.54) is 28.7 Å². The molecule has 2 aromatic heterocycles. The summed E-state index contributed by atoms with van der Waals surface area (Å²) < 4.78 is 1.61. The molecule has 0 aliphatic heterocycles. The number of carbonyl (C=O) groups excluding carboxylic acids is 1. The number of amides is 1. The molecule has 0 radical (unpaired) electrons. The molecule has 0 saturated heterocycles. The van der Waals surface area contributed by atoms with Crippen LogP contribution in [0.2, 0.25) is 0 Å². The van der Waals surface area contributed by atoms with Crippen LogP contribution in [0.5, 0.6) is 0 Å². The van der Waals surface area contributed by atoms with Crippen LogP contribution >= 0.6 is 23.1 Å². The fraction of sp³-hybridized carbons (Fsp3) is 0.348. The minimum Gasteiger partial charge on any atom is -0.355 e. The fourth-order valence-electron chi connectivity index (χ4n) is 3.20. The molecule has 0 aliphatic rings. The SMILES string of the molecule is C=CCn1c(SC(C)C(=O)NCC(C)c2ccccc2)nc2sc(C)c(C)c2c1=O. The molecule has 0 bridgehead atoms. The third kappa shape index (κ3) is 4.68. The zero-order valence-corrected chi connectivity index (χ0v) is 19.4. The molecule has 1 N–H and O–H groups in total. The molecule has 0 aliphatic carbocycles. The van der Waals surface area contributed by atoms with E-state index in [2.05, 4.69) is 31.0 Å². The third-order valence-electron chi connectivity index (χ3n) is 5.17. The summed E-state index contributed by atoms with van der Waals surface area (Å²) in [5.74, 6) is 0.152. The highest BCUT2D eigenvalue weighted by Gasteiger charge is 2.21. The summed E-state index contributed by atoms with van der Waals surface area (Å²) in [6.07, 6.45) is 1.68. The predicted molar refractivity (Wildman–Crippen MR) is 127 cm³/mol. The van der Waals surface area contributed by atoms with Gasteiger partial charge in [-0.3, -0.25) is 14.2 Å². The van der Waals surface area contributed by atoms with Crippen LogP contribution in [0.3, 0.4) is 0 Å². The number of aromatic nitrogens is 2. The lowest BCUT2D eigenvalue weighted by Crippen LogP contribution is -2.34. The zero-order chi connectivity index (χ0) is 21.8. The Morgan fingerprint density at radius 1 is 1.30 bits per heavy atom. The lowest BCUT2D eigenvalue weighted by Gasteiger charge is -2.17. The monoisotopic (exact) mass is 441 g/mol. The topological polar surface area (TPSA) is 64.0 Å². The maximum absolute atomic E-state index is 13.1. The molecule has 3 rings (SSSR count). The molecule has 158 valence electrons. The number of hydrogen-bond acceptors (Lipinski definition) is 5. The van der Waals surface area contributed by atoms with Gasteiger partial charge in [0.25, 0.3) is 5.56 Å². The van der Waals surface area contributed by atoms with Crippen molar-refractivity contribution in [3.63, 3.8) is 0 Å². The summed E-state index contributed by atoms with van der Waals surface area (Å²) >= 11 is 2.83. The second-order valence-electron chi connectivity index (χ2n) is 7.38. The van der Waals surface area contributed by atoms with Crippen LogP contribution in [0.15, 0.2) is 52.9 Å². The first-order valence-corrected chi connectivity index (χ1v) is 11.6. The van der Waals surface area contributed by atoms with Crippen LogP contribution in [-0.2, 0) is 11.3 Å². The lowest BCUT2D eigenvalue weighted by molar-refractivity contribution is -0.120. The van der Waals surface area contributed by atoms with Crippen molar-refractivity contribution in [2.24, 2.45) is 0 Å². The van der Waals surface area contributed by atoms with E-state index < -0.39 is 0 Å². The lowest BCUT2D eigenvalue weighted by atomic mass is 10.0. The second-order valence-corrected chi connectivity index (χ2v) is 9.89. The Kier molecular flexibility index (Phi) is 7.15. The van der Waals surface area contributed by atoms with Crippen molar-refractivity contribution in [2.45, 2.75) is 50.6 Å². The van der Waals surface area contributed by atoms with E-state index in [9.17, 15) is 9.59 Å². The Bertz CT molecular complexity index is 1120. The normalized spacial score (nSPS) is 13.2. The molecule has 2 atom stereocenters. The number of nitrogens with zero attached hydrogens (tertiary/aromatic N) is 2. The number of nitrogens with one attached hydrogen (secondary N) is 1. The van der Waals surface area contributed by atoms with Gasteiger partial charge in [0.15, 0.2) is 5.16 Å². The van der Waals surface area contributed by atoms with Gasteiger partial charge in [0.1, 0.15) is 4.83 Å². The molecular formula is C23H27N3O2S2. The smallest absolute Gasteiger partial charge is 0.263 e. The number of aryl methyl sites for hydroxylation is 2. The Morgan fingerprint density at radius 2 is 2.00 bits per heavy atom. The molecule has 0 fully saturated rings. The van der Waals surface area contributed by atoms with Gasteiger partial charge in [-0.05, 0) is 37.8 Å². The van der Waals surface area contributed by atoms with Crippen molar-refractivity contribution in [2.75, 3.05) is 6.54 Å². The van der Waals surface area contributed by atoms with E-state index in [4.69, 9.17) is 4.98 Å². The number of rotatable bonds is 8. The van der Waals surface area contributed by atoms with Gasteiger partial charge in [-0.1, -0.05) is 55.1 Å². The van der Waals surface area contributed by atoms with Gasteiger partial charge in [0, 0.05) is 18.0 Å². The molecule has 2 heterocycles. The first-order chi connectivity index (χ1) is 14.3. The number of allylic oxidation sites excluding steroid dienone is 1. The molecule has 5 nitrogen and oxygen atoms in total. The van der Waals surface area contributed by atoms with Crippen LogP contribution in [0.4, 0.5) is 0 Å². The minimum atomic E-state index is -0.379. The van der Waals surface area contributed by atoms with Crippen LogP contribution < -0.4 is 10.9 Å². The number of fused-ring (bicyclic) bond motifs is 1. The van der Waals surface area contributed by atoms with Crippen molar-refractivity contribution < 1.29 is 4.79 Å². The Morgan fingerprint density at radius 3 is 2.67 bits per heavy atom. The minimum absolute atomic E-state index is 0.0687. The van der Waals surface area contributed by atoms with E-state index in [1.54, 1.807) is 10.6 Å². The van der Waals surface area contributed by atoms with Gasteiger partial charge < -0.3 is 5.32 Å². The molecule has 1 aromatic carbocycles. The van der Waals surface area contributed by atoms with E-state index in [0.29, 0.717) is 23.6 Å². The number of thiophene rings is 1. The van der Waals surface area contributed by atoms with Crippen molar-refractivity contribution >= 4 is 39.2 Å². The maximum atomic E-state index is 13.1. The maximum Gasteiger partial charge on any atom is 0.263 e. The number of benzene rings is 1. The zero-order valence-electron chi connectivity index (χ0n) is 17.8. The van der Waals surface area contributed by atoms with Crippen LogP contribution in [0.1, 0.15) is 35.8 Å². The van der Waals surface area contributed by atoms with E-state index in [0.717, 1.165) is 15.3 Å². The standard InChI is InChI=1S/C23H27N3O2S2/c1-6-12-26-22(28)19-15(3)16(4)29-21(19)25-23(26)30-17(5)20(27)24-13-14(2)18-10-8-7-9-11-18/h6-11,14,17H,1,12-13H2,2-5H3,(H,24,27). The molecule has 0 saturated carbocycles. The largest absolute Gasteiger partial charge is 0.355 e. The van der Waals surface area contributed by atoms with E-state index in [1.807, 2.05) is 39.0 Å². The second kappa shape index (κ2) is 9.62. The summed E-state index contributed by atoms with van der Waals surface area (Å²) in [6.45, 7) is 12.6. The molecular weight excluding hydrogens is 414 g/mol.